The van der Waals surface area contributed by atoms with Gasteiger partial charge in [0.05, 0.1) is 13.2 Å². The molecule has 3 atom stereocenters. The Morgan fingerprint density at radius 1 is 0.795 bits per heavy atom. The molecule has 11 heteroatoms. The third kappa shape index (κ3) is 14.4. The molecule has 0 saturated carbocycles. The summed E-state index contributed by atoms with van der Waals surface area (Å²) < 4.78 is 31.0. The molecular formula is C28H43NO10. The van der Waals surface area contributed by atoms with Crippen molar-refractivity contribution < 1.29 is 47.6 Å². The van der Waals surface area contributed by atoms with E-state index < -0.39 is 30.4 Å². The molecule has 2 N–H and O–H groups in total. The molecule has 0 aliphatic rings. The second-order valence-corrected chi connectivity index (χ2v) is 10.4. The van der Waals surface area contributed by atoms with E-state index in [4.69, 9.17) is 34.2 Å². The quantitative estimate of drug-likeness (QED) is 0.181. The molecule has 0 aliphatic heterocycles. The average molecular weight is 554 g/mol. The summed E-state index contributed by atoms with van der Waals surface area (Å²) in [6.07, 6.45) is -1.40. The molecule has 1 unspecified atom stereocenters. The van der Waals surface area contributed by atoms with Gasteiger partial charge in [0.2, 0.25) is 0 Å². The summed E-state index contributed by atoms with van der Waals surface area (Å²) >= 11 is 0. The first kappa shape index (κ1) is 33.7. The van der Waals surface area contributed by atoms with Gasteiger partial charge in [-0.25, -0.2) is 9.59 Å². The lowest BCUT2D eigenvalue weighted by Crippen LogP contribution is -2.36. The van der Waals surface area contributed by atoms with Crippen molar-refractivity contribution in [2.45, 2.75) is 79.9 Å². The lowest BCUT2D eigenvalue weighted by atomic mass is 10.1. The van der Waals surface area contributed by atoms with Crippen molar-refractivity contribution in [3.63, 3.8) is 0 Å². The van der Waals surface area contributed by atoms with Crippen LogP contribution in [0, 0.1) is 17.8 Å². The van der Waals surface area contributed by atoms with Crippen molar-refractivity contribution in [1.29, 1.82) is 0 Å². The number of nitrogens with two attached hydrogens (primary N) is 1. The third-order valence-corrected chi connectivity index (χ3v) is 5.23. The fourth-order valence-corrected chi connectivity index (χ4v) is 2.93. The fraction of sp³-hybridized carbons (Fsp3) is 0.643. The van der Waals surface area contributed by atoms with Gasteiger partial charge in [-0.15, -0.1) is 0 Å². The summed E-state index contributed by atoms with van der Waals surface area (Å²) in [4.78, 5) is 48.6. The molecule has 220 valence electrons. The van der Waals surface area contributed by atoms with Crippen molar-refractivity contribution in [2.24, 2.45) is 23.5 Å². The maximum Gasteiger partial charge on any atom is 0.513 e. The zero-order chi connectivity index (χ0) is 29.5. The van der Waals surface area contributed by atoms with Crippen molar-refractivity contribution in [3.8, 4) is 11.5 Å². The maximum atomic E-state index is 12.4. The fourth-order valence-electron chi connectivity index (χ4n) is 2.93. The van der Waals surface area contributed by atoms with Crippen molar-refractivity contribution in [2.75, 3.05) is 19.8 Å². The van der Waals surface area contributed by atoms with Crippen molar-refractivity contribution >= 4 is 24.2 Å². The second-order valence-electron chi connectivity index (χ2n) is 10.4. The van der Waals surface area contributed by atoms with Gasteiger partial charge in [0.25, 0.3) is 0 Å². The molecule has 0 saturated heterocycles. The highest BCUT2D eigenvalue weighted by atomic mass is 16.7. The zero-order valence-corrected chi connectivity index (χ0v) is 24.0. The van der Waals surface area contributed by atoms with Crippen molar-refractivity contribution in [3.05, 3.63) is 23.8 Å². The minimum absolute atomic E-state index is 0.0243. The SMILES string of the molecule is CCC(C)CC(=O)O[C@@H](C)COC(=O)[C@@H](N)Cc1ccc(OC(=O)OCC(C)C)c(OC(=O)OCC(C)C)c1. The van der Waals surface area contributed by atoms with Gasteiger partial charge in [0.1, 0.15) is 18.8 Å². The topological polar surface area (TPSA) is 150 Å². The molecular weight excluding hydrogens is 510 g/mol. The van der Waals surface area contributed by atoms with Gasteiger partial charge < -0.3 is 34.2 Å². The van der Waals surface area contributed by atoms with Crippen LogP contribution in [0.25, 0.3) is 0 Å². The average Bonchev–Trinajstić information content (AvgIpc) is 2.85. The highest BCUT2D eigenvalue weighted by Crippen LogP contribution is 2.30. The van der Waals surface area contributed by atoms with Crippen LogP contribution in [-0.4, -0.2) is 56.2 Å². The molecule has 1 aromatic rings. The Balaban J connectivity index is 2.83. The minimum atomic E-state index is -1.06. The Kier molecular flexibility index (Phi) is 14.9. The lowest BCUT2D eigenvalue weighted by Gasteiger charge is -2.17. The zero-order valence-electron chi connectivity index (χ0n) is 24.0. The van der Waals surface area contributed by atoms with E-state index in [0.29, 0.717) is 12.0 Å². The van der Waals surface area contributed by atoms with E-state index in [-0.39, 0.29) is 61.5 Å². The van der Waals surface area contributed by atoms with E-state index in [1.807, 2.05) is 41.5 Å². The molecule has 39 heavy (non-hydrogen) atoms. The minimum Gasteiger partial charge on any atom is -0.461 e. The number of ether oxygens (including phenoxy) is 6. The summed E-state index contributed by atoms with van der Waals surface area (Å²) in [5.41, 5.74) is 6.52. The summed E-state index contributed by atoms with van der Waals surface area (Å²) in [5.74, 6) is -0.843. The first-order valence-electron chi connectivity index (χ1n) is 13.2. The first-order valence-corrected chi connectivity index (χ1v) is 13.2. The van der Waals surface area contributed by atoms with Gasteiger partial charge in [-0.05, 0) is 48.8 Å². The van der Waals surface area contributed by atoms with Crippen molar-refractivity contribution in [1.82, 2.24) is 0 Å². The van der Waals surface area contributed by atoms with Crippen LogP contribution in [0.3, 0.4) is 0 Å². The Morgan fingerprint density at radius 3 is 1.90 bits per heavy atom. The Labute approximate surface area is 230 Å². The monoisotopic (exact) mass is 553 g/mol. The third-order valence-electron chi connectivity index (χ3n) is 5.23. The molecule has 0 amide bonds. The summed E-state index contributed by atoms with van der Waals surface area (Å²) in [6.45, 7) is 13.2. The number of hydrogen-bond donors (Lipinski definition) is 1. The van der Waals surface area contributed by atoms with E-state index >= 15 is 0 Å². The number of hydrogen-bond acceptors (Lipinski definition) is 11. The summed E-state index contributed by atoms with van der Waals surface area (Å²) in [7, 11) is 0. The molecule has 0 fully saturated rings. The van der Waals surface area contributed by atoms with Crippen LogP contribution in [0.5, 0.6) is 11.5 Å². The Bertz CT molecular complexity index is 946. The van der Waals surface area contributed by atoms with Gasteiger partial charge in [-0.1, -0.05) is 54.0 Å². The van der Waals surface area contributed by atoms with Crippen LogP contribution >= 0.6 is 0 Å². The van der Waals surface area contributed by atoms with Crippen LogP contribution in [0.4, 0.5) is 9.59 Å². The Morgan fingerprint density at radius 2 is 1.36 bits per heavy atom. The number of carbonyl (C=O) groups excluding carboxylic acids is 4. The second kappa shape index (κ2) is 17.3. The molecule has 11 nitrogen and oxygen atoms in total. The summed E-state index contributed by atoms with van der Waals surface area (Å²) in [5, 5.41) is 0. The Hall–Kier alpha value is -3.34. The van der Waals surface area contributed by atoms with Gasteiger partial charge in [0, 0.05) is 6.42 Å². The molecule has 0 bridgehead atoms. The predicted molar refractivity (Wildman–Crippen MR) is 142 cm³/mol. The van der Waals surface area contributed by atoms with Crippen LogP contribution in [0.2, 0.25) is 0 Å². The van der Waals surface area contributed by atoms with Crippen LogP contribution in [-0.2, 0) is 35.0 Å². The molecule has 1 rings (SSSR count). The van der Waals surface area contributed by atoms with Gasteiger partial charge >= 0.3 is 24.2 Å². The van der Waals surface area contributed by atoms with Crippen LogP contribution < -0.4 is 15.2 Å². The summed E-state index contributed by atoms with van der Waals surface area (Å²) in [6, 6.07) is 3.31. The molecule has 1 aromatic carbocycles. The van der Waals surface area contributed by atoms with Crippen LogP contribution in [0.15, 0.2) is 18.2 Å². The largest absolute Gasteiger partial charge is 0.513 e. The number of carbonyl (C=O) groups is 4. The predicted octanol–water partition coefficient (Wildman–Crippen LogP) is 4.81. The van der Waals surface area contributed by atoms with Crippen LogP contribution in [0.1, 0.15) is 66.9 Å². The highest BCUT2D eigenvalue weighted by molar-refractivity contribution is 5.76. The van der Waals surface area contributed by atoms with E-state index in [1.54, 1.807) is 13.0 Å². The number of benzene rings is 1. The van der Waals surface area contributed by atoms with E-state index in [0.717, 1.165) is 6.42 Å². The lowest BCUT2D eigenvalue weighted by molar-refractivity contribution is -0.159. The molecule has 0 heterocycles. The molecule has 0 spiro atoms. The normalized spacial score (nSPS) is 13.3. The molecule has 0 radical (unpaired) electrons. The number of rotatable bonds is 15. The highest BCUT2D eigenvalue weighted by Gasteiger charge is 2.22. The standard InChI is InChI=1S/C28H43NO10/c1-8-19(6)11-25(30)37-20(7)16-34-26(31)22(29)12-21-9-10-23(38-27(32)35-14-17(2)3)24(13-21)39-28(33)36-15-18(4)5/h9-10,13,17-20,22H,8,11-12,14-16,29H2,1-7H3/t19?,20-,22-/m0/s1. The van der Waals surface area contributed by atoms with Gasteiger partial charge in [0.15, 0.2) is 11.5 Å². The van der Waals surface area contributed by atoms with Gasteiger partial charge in [-0.3, -0.25) is 9.59 Å². The maximum absolute atomic E-state index is 12.4. The first-order chi connectivity index (χ1) is 18.3. The molecule has 0 aromatic heterocycles. The van der Waals surface area contributed by atoms with Gasteiger partial charge in [-0.2, -0.15) is 0 Å². The molecule has 0 aliphatic carbocycles. The van der Waals surface area contributed by atoms with E-state index in [9.17, 15) is 19.2 Å². The number of esters is 2. The van der Waals surface area contributed by atoms with E-state index in [2.05, 4.69) is 0 Å². The smallest absolute Gasteiger partial charge is 0.461 e. The van der Waals surface area contributed by atoms with E-state index in [1.165, 1.54) is 12.1 Å².